The molecule has 0 heterocycles. The number of nitrogens with zero attached hydrogens (tertiary/aromatic N) is 2. The third-order valence-corrected chi connectivity index (χ3v) is 13.2. The summed E-state index contributed by atoms with van der Waals surface area (Å²) in [5, 5.41) is 0. The SMILES string of the molecule is c1ccc(N(c2ccccc2)c2ccc3c(c2)[C@@]2(CC3)CCc3ccc(N(c4ccc(C5CCCCC5)cc4)c4ccc5c(c4)CCCC5)cc32)cc1. The van der Waals surface area contributed by atoms with Crippen LogP contribution in [0.25, 0.3) is 0 Å². The molecule has 53 heavy (non-hydrogen) atoms. The van der Waals surface area contributed by atoms with Crippen LogP contribution in [0, 0.1) is 0 Å². The zero-order chi connectivity index (χ0) is 35.2. The Kier molecular flexibility index (Phi) is 8.43. The third-order valence-electron chi connectivity index (χ3n) is 13.2. The van der Waals surface area contributed by atoms with Gasteiger partial charge in [-0.05, 0) is 182 Å². The average Bonchev–Trinajstić information content (AvgIpc) is 3.79. The van der Waals surface area contributed by atoms with Gasteiger partial charge >= 0.3 is 0 Å². The van der Waals surface area contributed by atoms with Crippen LogP contribution in [0.4, 0.5) is 34.1 Å². The number of fused-ring (bicyclic) bond motifs is 5. The van der Waals surface area contributed by atoms with E-state index in [1.54, 1.807) is 11.1 Å². The minimum absolute atomic E-state index is 0.0299. The summed E-state index contributed by atoms with van der Waals surface area (Å²) in [5.41, 5.74) is 18.2. The van der Waals surface area contributed by atoms with Crippen molar-refractivity contribution in [3.63, 3.8) is 0 Å². The van der Waals surface area contributed by atoms with Gasteiger partial charge in [0.15, 0.2) is 0 Å². The van der Waals surface area contributed by atoms with Gasteiger partial charge in [0.05, 0.1) is 0 Å². The normalized spacial score (nSPS) is 19.1. The van der Waals surface area contributed by atoms with Gasteiger partial charge in [0, 0.05) is 39.5 Å². The van der Waals surface area contributed by atoms with Gasteiger partial charge in [-0.25, -0.2) is 0 Å². The van der Waals surface area contributed by atoms with Gasteiger partial charge in [0.2, 0.25) is 0 Å². The fraction of sp³-hybridized carbons (Fsp3) is 0.294. The molecule has 1 spiro atoms. The molecule has 1 atom stereocenters. The van der Waals surface area contributed by atoms with Crippen molar-refractivity contribution in [2.75, 3.05) is 9.80 Å². The lowest BCUT2D eigenvalue weighted by Gasteiger charge is -2.32. The summed E-state index contributed by atoms with van der Waals surface area (Å²) in [5.74, 6) is 0.710. The van der Waals surface area contributed by atoms with E-state index in [1.165, 1.54) is 133 Å². The summed E-state index contributed by atoms with van der Waals surface area (Å²) in [6, 6.07) is 53.5. The molecule has 6 aromatic rings. The van der Waals surface area contributed by atoms with Crippen LogP contribution in [-0.4, -0.2) is 0 Å². The highest BCUT2D eigenvalue weighted by atomic mass is 15.1. The molecule has 4 aliphatic rings. The van der Waals surface area contributed by atoms with Crippen molar-refractivity contribution in [1.82, 2.24) is 0 Å². The average molecular weight is 691 g/mol. The topological polar surface area (TPSA) is 6.48 Å². The van der Waals surface area contributed by atoms with Crippen LogP contribution in [0.2, 0.25) is 0 Å². The van der Waals surface area contributed by atoms with E-state index in [-0.39, 0.29) is 5.41 Å². The Morgan fingerprint density at radius 2 is 0.849 bits per heavy atom. The Morgan fingerprint density at radius 3 is 1.43 bits per heavy atom. The van der Waals surface area contributed by atoms with E-state index >= 15 is 0 Å². The zero-order valence-electron chi connectivity index (χ0n) is 30.9. The van der Waals surface area contributed by atoms with Crippen molar-refractivity contribution in [3.05, 3.63) is 178 Å². The lowest BCUT2D eigenvalue weighted by Crippen LogP contribution is -2.22. The molecule has 264 valence electrons. The Morgan fingerprint density at radius 1 is 0.377 bits per heavy atom. The van der Waals surface area contributed by atoms with E-state index < -0.39 is 0 Å². The second kappa shape index (κ2) is 13.7. The Hall–Kier alpha value is -5.08. The highest BCUT2D eigenvalue weighted by Gasteiger charge is 2.45. The number of anilines is 6. The zero-order valence-corrected chi connectivity index (χ0v) is 30.9. The first-order chi connectivity index (χ1) is 26.2. The first-order valence-corrected chi connectivity index (χ1v) is 20.4. The Bertz CT molecular complexity index is 2190. The second-order valence-corrected chi connectivity index (χ2v) is 16.2. The van der Waals surface area contributed by atoms with E-state index in [0.717, 1.165) is 12.8 Å². The van der Waals surface area contributed by atoms with Crippen molar-refractivity contribution in [1.29, 1.82) is 0 Å². The predicted octanol–water partition coefficient (Wildman–Crippen LogP) is 13.7. The van der Waals surface area contributed by atoms with Gasteiger partial charge in [-0.1, -0.05) is 86.0 Å². The highest BCUT2D eigenvalue weighted by Crippen LogP contribution is 2.55. The first kappa shape index (κ1) is 32.6. The number of hydrogen-bond acceptors (Lipinski definition) is 2. The Labute approximate surface area is 316 Å². The molecule has 1 saturated carbocycles. The first-order valence-electron chi connectivity index (χ1n) is 20.4. The number of rotatable bonds is 7. The maximum atomic E-state index is 2.59. The van der Waals surface area contributed by atoms with Crippen molar-refractivity contribution in [3.8, 4) is 0 Å². The summed E-state index contributed by atoms with van der Waals surface area (Å²) in [6.07, 6.45) is 16.4. The van der Waals surface area contributed by atoms with Crippen LogP contribution in [0.3, 0.4) is 0 Å². The molecule has 0 aromatic heterocycles. The molecule has 1 fully saturated rings. The third kappa shape index (κ3) is 5.88. The van der Waals surface area contributed by atoms with E-state index in [4.69, 9.17) is 0 Å². The fourth-order valence-electron chi connectivity index (χ4n) is 10.5. The van der Waals surface area contributed by atoms with Crippen LogP contribution in [0.1, 0.15) is 103 Å². The molecule has 2 nitrogen and oxygen atoms in total. The molecule has 0 aliphatic heterocycles. The number of benzene rings is 6. The van der Waals surface area contributed by atoms with Gasteiger partial charge < -0.3 is 9.80 Å². The van der Waals surface area contributed by atoms with Crippen LogP contribution in [0.5, 0.6) is 0 Å². The van der Waals surface area contributed by atoms with E-state index in [9.17, 15) is 0 Å². The Balaban J connectivity index is 1.07. The molecular weight excluding hydrogens is 641 g/mol. The predicted molar refractivity (Wildman–Crippen MR) is 222 cm³/mol. The smallest absolute Gasteiger partial charge is 0.0464 e. The summed E-state index contributed by atoms with van der Waals surface area (Å²) >= 11 is 0. The lowest BCUT2D eigenvalue weighted by molar-refractivity contribution is 0.443. The minimum Gasteiger partial charge on any atom is -0.310 e. The molecule has 0 amide bonds. The minimum atomic E-state index is 0.0299. The fourth-order valence-corrected chi connectivity index (χ4v) is 10.5. The van der Waals surface area contributed by atoms with Gasteiger partial charge in [-0.3, -0.25) is 0 Å². The quantitative estimate of drug-likeness (QED) is 0.165. The van der Waals surface area contributed by atoms with Crippen molar-refractivity contribution in [2.24, 2.45) is 0 Å². The number of hydrogen-bond donors (Lipinski definition) is 0. The maximum Gasteiger partial charge on any atom is 0.0464 e. The van der Waals surface area contributed by atoms with Crippen molar-refractivity contribution in [2.45, 2.75) is 94.8 Å². The summed E-state index contributed by atoms with van der Waals surface area (Å²) in [4.78, 5) is 4.98. The van der Waals surface area contributed by atoms with Crippen LogP contribution in [0.15, 0.2) is 140 Å². The highest BCUT2D eigenvalue weighted by molar-refractivity contribution is 5.80. The summed E-state index contributed by atoms with van der Waals surface area (Å²) in [7, 11) is 0. The largest absolute Gasteiger partial charge is 0.310 e. The van der Waals surface area contributed by atoms with Gasteiger partial charge in [0.1, 0.15) is 0 Å². The van der Waals surface area contributed by atoms with Crippen LogP contribution >= 0.6 is 0 Å². The molecular formula is C51H50N2. The van der Waals surface area contributed by atoms with Crippen LogP contribution in [-0.2, 0) is 31.1 Å². The summed E-state index contributed by atoms with van der Waals surface area (Å²) < 4.78 is 0. The summed E-state index contributed by atoms with van der Waals surface area (Å²) in [6.45, 7) is 0. The molecule has 6 aromatic carbocycles. The van der Waals surface area contributed by atoms with Crippen molar-refractivity contribution >= 4 is 34.1 Å². The molecule has 10 rings (SSSR count). The standard InChI is InChI=1S/C51H50N2/c1-4-12-37(13-5-1)39-20-25-45(26-21-39)53(46-27-22-38-14-10-11-15-42(38)34-46)48-29-24-41-31-33-51(50(41)36-48)32-30-40-23-28-47(35-49(40)51)52(43-16-6-2-7-17-43)44-18-8-3-9-19-44/h2-3,6-9,16-29,34-37H,1,4-5,10-15,30-33H2/t51-/m1/s1. The van der Waals surface area contributed by atoms with Gasteiger partial charge in [-0.15, -0.1) is 0 Å². The van der Waals surface area contributed by atoms with E-state index in [2.05, 4.69) is 149 Å². The molecule has 2 heteroatoms. The maximum absolute atomic E-state index is 2.59. The lowest BCUT2D eigenvalue weighted by atomic mass is 9.76. The van der Waals surface area contributed by atoms with Crippen molar-refractivity contribution < 1.29 is 0 Å². The molecule has 0 N–H and O–H groups in total. The number of aryl methyl sites for hydroxylation is 4. The van der Waals surface area contributed by atoms with Gasteiger partial charge in [0.25, 0.3) is 0 Å². The number of para-hydroxylation sites is 2. The molecule has 0 bridgehead atoms. The molecule has 0 radical (unpaired) electrons. The van der Waals surface area contributed by atoms with Crippen LogP contribution < -0.4 is 9.80 Å². The molecule has 4 aliphatic carbocycles. The van der Waals surface area contributed by atoms with E-state index in [1.807, 2.05) is 0 Å². The molecule has 0 saturated heterocycles. The monoisotopic (exact) mass is 690 g/mol. The van der Waals surface area contributed by atoms with Gasteiger partial charge in [-0.2, -0.15) is 0 Å². The molecule has 0 unspecified atom stereocenters. The van der Waals surface area contributed by atoms with E-state index in [0.29, 0.717) is 5.92 Å². The second-order valence-electron chi connectivity index (χ2n) is 16.2.